The number of nitrogens with one attached hydrogen (secondary N) is 1. The highest BCUT2D eigenvalue weighted by Crippen LogP contribution is 2.18. The van der Waals surface area contributed by atoms with Gasteiger partial charge in [-0.05, 0) is 18.1 Å². The molecule has 2 atom stereocenters. The number of nitrogens with zero attached hydrogens (tertiary/aromatic N) is 3. The lowest BCUT2D eigenvalue weighted by Gasteiger charge is -2.19. The predicted octanol–water partition coefficient (Wildman–Crippen LogP) is 2.15. The quantitative estimate of drug-likeness (QED) is 0.842. The van der Waals surface area contributed by atoms with Gasteiger partial charge in [0.1, 0.15) is 6.04 Å². The number of aliphatic carboxylic acids is 1. The van der Waals surface area contributed by atoms with Gasteiger partial charge in [-0.3, -0.25) is 4.79 Å². The van der Waals surface area contributed by atoms with Gasteiger partial charge in [0.2, 0.25) is 0 Å². The second-order valence-corrected chi connectivity index (χ2v) is 5.58. The average molecular weight is 337 g/mol. The summed E-state index contributed by atoms with van der Waals surface area (Å²) in [6.45, 7) is 3.63. The summed E-state index contributed by atoms with van der Waals surface area (Å²) in [6.07, 6.45) is 2.04. The third kappa shape index (κ3) is 3.87. The number of carbonyl (C=O) groups is 2. The Morgan fingerprint density at radius 1 is 1.39 bits per heavy atom. The lowest BCUT2D eigenvalue weighted by molar-refractivity contribution is -0.140. The Hall–Kier alpha value is -2.41. The van der Waals surface area contributed by atoms with Crippen molar-refractivity contribution in [3.63, 3.8) is 0 Å². The zero-order chi connectivity index (χ0) is 17.0. The lowest BCUT2D eigenvalue weighted by atomic mass is 9.99. The van der Waals surface area contributed by atoms with Crippen molar-refractivity contribution in [3.8, 4) is 5.69 Å². The molecule has 2 aromatic rings. The number of benzene rings is 1. The molecule has 0 aliphatic rings. The third-order valence-corrected chi connectivity index (χ3v) is 3.91. The normalized spacial score (nSPS) is 13.3. The van der Waals surface area contributed by atoms with Crippen LogP contribution in [0.15, 0.2) is 30.5 Å². The van der Waals surface area contributed by atoms with Crippen LogP contribution in [0.2, 0.25) is 5.02 Å². The Balaban J connectivity index is 2.18. The molecule has 1 aromatic carbocycles. The molecule has 7 nitrogen and oxygen atoms in total. The number of carboxylic acid groups (broad SMARTS) is 1. The van der Waals surface area contributed by atoms with Crippen molar-refractivity contribution < 1.29 is 14.7 Å². The van der Waals surface area contributed by atoms with Crippen LogP contribution >= 0.6 is 11.6 Å². The maximum absolute atomic E-state index is 12.2. The first-order chi connectivity index (χ1) is 10.9. The molecule has 1 aromatic heterocycles. The van der Waals surface area contributed by atoms with Gasteiger partial charge in [-0.25, -0.2) is 9.48 Å². The molecule has 8 heteroatoms. The molecule has 122 valence electrons. The fourth-order valence-corrected chi connectivity index (χ4v) is 2.24. The number of carbonyl (C=O) groups excluding carboxylic acids is 1. The first kappa shape index (κ1) is 17.0. The van der Waals surface area contributed by atoms with Gasteiger partial charge in [-0.15, -0.1) is 5.10 Å². The predicted molar refractivity (Wildman–Crippen MR) is 84.7 cm³/mol. The second kappa shape index (κ2) is 7.23. The van der Waals surface area contributed by atoms with Gasteiger partial charge < -0.3 is 10.4 Å². The van der Waals surface area contributed by atoms with Gasteiger partial charge in [0.05, 0.1) is 16.9 Å². The molecule has 1 amide bonds. The van der Waals surface area contributed by atoms with E-state index < -0.39 is 17.9 Å². The maximum atomic E-state index is 12.2. The van der Waals surface area contributed by atoms with Crippen LogP contribution in [-0.4, -0.2) is 38.0 Å². The zero-order valence-corrected chi connectivity index (χ0v) is 13.5. The fraction of sp³-hybridized carbons (Fsp3) is 0.333. The Bertz CT molecular complexity index is 716. The van der Waals surface area contributed by atoms with Gasteiger partial charge in [-0.2, -0.15) is 0 Å². The van der Waals surface area contributed by atoms with E-state index in [1.807, 2.05) is 6.92 Å². The van der Waals surface area contributed by atoms with Crippen LogP contribution in [-0.2, 0) is 4.79 Å². The minimum atomic E-state index is -1.08. The van der Waals surface area contributed by atoms with Crippen LogP contribution in [0.1, 0.15) is 30.8 Å². The molecule has 0 radical (unpaired) electrons. The molecule has 23 heavy (non-hydrogen) atoms. The van der Waals surface area contributed by atoms with E-state index in [1.54, 1.807) is 31.2 Å². The van der Waals surface area contributed by atoms with Crippen molar-refractivity contribution in [3.05, 3.63) is 41.2 Å². The van der Waals surface area contributed by atoms with Crippen molar-refractivity contribution in [1.29, 1.82) is 0 Å². The minimum absolute atomic E-state index is 0.0273. The van der Waals surface area contributed by atoms with Crippen molar-refractivity contribution in [2.45, 2.75) is 26.3 Å². The van der Waals surface area contributed by atoms with Crippen LogP contribution < -0.4 is 5.32 Å². The van der Waals surface area contributed by atoms with E-state index in [-0.39, 0.29) is 11.6 Å². The fourth-order valence-electron chi connectivity index (χ4n) is 2.02. The molecule has 0 bridgehead atoms. The molecule has 0 aliphatic heterocycles. The summed E-state index contributed by atoms with van der Waals surface area (Å²) in [5.41, 5.74) is 0.608. The van der Waals surface area contributed by atoms with Crippen molar-refractivity contribution >= 4 is 23.5 Å². The van der Waals surface area contributed by atoms with E-state index >= 15 is 0 Å². The molecule has 2 rings (SSSR count). The molecule has 0 saturated carbocycles. The summed E-state index contributed by atoms with van der Waals surface area (Å²) < 4.78 is 1.37. The summed E-state index contributed by atoms with van der Waals surface area (Å²) in [5.74, 6) is -1.86. The van der Waals surface area contributed by atoms with Crippen LogP contribution in [0.5, 0.6) is 0 Å². The molecule has 0 aliphatic carbocycles. The largest absolute Gasteiger partial charge is 0.480 e. The zero-order valence-electron chi connectivity index (χ0n) is 12.7. The highest BCUT2D eigenvalue weighted by Gasteiger charge is 2.26. The van der Waals surface area contributed by atoms with E-state index in [2.05, 4.69) is 15.6 Å². The van der Waals surface area contributed by atoms with Crippen molar-refractivity contribution in [2.24, 2.45) is 5.92 Å². The highest BCUT2D eigenvalue weighted by atomic mass is 35.5. The number of amides is 1. The van der Waals surface area contributed by atoms with E-state index in [0.717, 1.165) is 0 Å². The number of rotatable bonds is 6. The molecule has 0 spiro atoms. The maximum Gasteiger partial charge on any atom is 0.326 e. The first-order valence-electron chi connectivity index (χ1n) is 7.15. The van der Waals surface area contributed by atoms with E-state index in [1.165, 1.54) is 10.9 Å². The van der Waals surface area contributed by atoms with Crippen LogP contribution in [0.3, 0.4) is 0 Å². The summed E-state index contributed by atoms with van der Waals surface area (Å²) in [4.78, 5) is 23.5. The summed E-state index contributed by atoms with van der Waals surface area (Å²) in [5, 5.41) is 19.8. The smallest absolute Gasteiger partial charge is 0.326 e. The van der Waals surface area contributed by atoms with Crippen LogP contribution in [0, 0.1) is 5.92 Å². The van der Waals surface area contributed by atoms with Gasteiger partial charge in [0.25, 0.3) is 5.91 Å². The number of carboxylic acids is 1. The Kier molecular flexibility index (Phi) is 5.33. The number of aromatic nitrogens is 3. The molecule has 0 saturated heterocycles. The first-order valence-corrected chi connectivity index (χ1v) is 7.52. The summed E-state index contributed by atoms with van der Waals surface area (Å²) in [7, 11) is 0. The lowest BCUT2D eigenvalue weighted by Crippen LogP contribution is -2.45. The Labute approximate surface area is 138 Å². The third-order valence-electron chi connectivity index (χ3n) is 3.59. The molecule has 1 heterocycles. The highest BCUT2D eigenvalue weighted by molar-refractivity contribution is 6.32. The molecule has 2 N–H and O–H groups in total. The molecule has 0 fully saturated rings. The van der Waals surface area contributed by atoms with Crippen molar-refractivity contribution in [1.82, 2.24) is 20.3 Å². The minimum Gasteiger partial charge on any atom is -0.480 e. The number of para-hydroxylation sites is 1. The Morgan fingerprint density at radius 3 is 2.70 bits per heavy atom. The number of hydrogen-bond acceptors (Lipinski definition) is 4. The van der Waals surface area contributed by atoms with E-state index in [4.69, 9.17) is 11.6 Å². The summed E-state index contributed by atoms with van der Waals surface area (Å²) >= 11 is 6.07. The second-order valence-electron chi connectivity index (χ2n) is 5.17. The van der Waals surface area contributed by atoms with Crippen LogP contribution in [0.4, 0.5) is 0 Å². The topological polar surface area (TPSA) is 97.1 Å². The average Bonchev–Trinajstić information content (AvgIpc) is 3.01. The van der Waals surface area contributed by atoms with E-state index in [0.29, 0.717) is 17.1 Å². The van der Waals surface area contributed by atoms with Crippen LogP contribution in [0.25, 0.3) is 5.69 Å². The number of hydrogen-bond donors (Lipinski definition) is 2. The van der Waals surface area contributed by atoms with Crippen molar-refractivity contribution in [2.75, 3.05) is 0 Å². The monoisotopic (exact) mass is 336 g/mol. The molecular formula is C15H17ClN4O3. The van der Waals surface area contributed by atoms with Gasteiger partial charge in [-0.1, -0.05) is 49.2 Å². The summed E-state index contributed by atoms with van der Waals surface area (Å²) in [6, 6.07) is 6.02. The molecular weight excluding hydrogens is 320 g/mol. The molecule has 0 unspecified atom stereocenters. The Morgan fingerprint density at radius 2 is 2.09 bits per heavy atom. The SMILES string of the molecule is CC[C@H](C)[C@H](NC(=O)c1cn(-c2ccccc2Cl)nn1)C(=O)O. The van der Waals surface area contributed by atoms with Gasteiger partial charge in [0, 0.05) is 0 Å². The standard InChI is InChI=1S/C15H17ClN4O3/c1-3-9(2)13(15(22)23)17-14(21)11-8-20(19-18-11)12-7-5-4-6-10(12)16/h4-9,13H,3H2,1-2H3,(H,17,21)(H,22,23)/t9-,13-/m0/s1. The van der Waals surface area contributed by atoms with E-state index in [9.17, 15) is 14.7 Å². The number of halogens is 1. The van der Waals surface area contributed by atoms with Gasteiger partial charge in [0.15, 0.2) is 5.69 Å². The van der Waals surface area contributed by atoms with Gasteiger partial charge >= 0.3 is 5.97 Å².